The number of nitrogens with one attached hydrogen (secondary N) is 1. The molecule has 3 rings (SSSR count). The molecule has 0 bridgehead atoms. The Kier molecular flexibility index (Phi) is 3.48. The summed E-state index contributed by atoms with van der Waals surface area (Å²) in [6.07, 6.45) is 1.75. The molecule has 0 aliphatic heterocycles. The number of carbonyl (C=O) groups excluding carboxylic acids is 1. The van der Waals surface area contributed by atoms with Gasteiger partial charge in [0.25, 0.3) is 0 Å². The summed E-state index contributed by atoms with van der Waals surface area (Å²) in [6.45, 7) is 0. The van der Waals surface area contributed by atoms with E-state index in [4.69, 9.17) is 4.74 Å². The zero-order valence-corrected chi connectivity index (χ0v) is 13.0. The normalized spacial score (nSPS) is 10.7. The molecule has 3 aromatic rings. The fourth-order valence-electron chi connectivity index (χ4n) is 2.18. The van der Waals surface area contributed by atoms with E-state index in [1.54, 1.807) is 13.3 Å². The minimum absolute atomic E-state index is 0.0258. The third-order valence-electron chi connectivity index (χ3n) is 3.24. The van der Waals surface area contributed by atoms with Gasteiger partial charge in [-0.2, -0.15) is 0 Å². The van der Waals surface area contributed by atoms with Crippen molar-refractivity contribution >= 4 is 39.3 Å². The van der Waals surface area contributed by atoms with Gasteiger partial charge in [0.1, 0.15) is 5.75 Å². The van der Waals surface area contributed by atoms with E-state index in [-0.39, 0.29) is 5.78 Å². The highest BCUT2D eigenvalue weighted by Gasteiger charge is 2.14. The van der Waals surface area contributed by atoms with Crippen molar-refractivity contribution in [2.24, 2.45) is 0 Å². The van der Waals surface area contributed by atoms with Crippen molar-refractivity contribution in [1.29, 1.82) is 0 Å². The SMILES string of the molecule is COc1ccc2c(C(=O)c3ccc(I)cc3)c[nH]c2c1. The zero-order chi connectivity index (χ0) is 14.1. The van der Waals surface area contributed by atoms with Crippen molar-refractivity contribution in [3.63, 3.8) is 0 Å². The van der Waals surface area contributed by atoms with Crippen LogP contribution in [0.3, 0.4) is 0 Å². The molecule has 1 aromatic heterocycles. The van der Waals surface area contributed by atoms with Gasteiger partial charge in [-0.05, 0) is 59.0 Å². The van der Waals surface area contributed by atoms with Gasteiger partial charge in [-0.1, -0.05) is 0 Å². The van der Waals surface area contributed by atoms with Crippen LogP contribution in [0.25, 0.3) is 10.9 Å². The molecule has 0 atom stereocenters. The Hall–Kier alpha value is -1.82. The maximum Gasteiger partial charge on any atom is 0.195 e. The molecule has 0 radical (unpaired) electrons. The summed E-state index contributed by atoms with van der Waals surface area (Å²) in [6, 6.07) is 13.2. The molecule has 1 heterocycles. The first kappa shape index (κ1) is 13.2. The Balaban J connectivity index is 2.05. The van der Waals surface area contributed by atoms with E-state index in [9.17, 15) is 4.79 Å². The first-order valence-corrected chi connectivity index (χ1v) is 7.22. The van der Waals surface area contributed by atoms with Crippen molar-refractivity contribution in [3.8, 4) is 5.75 Å². The summed E-state index contributed by atoms with van der Waals surface area (Å²) in [7, 11) is 1.63. The second kappa shape index (κ2) is 5.28. The summed E-state index contributed by atoms with van der Waals surface area (Å²) < 4.78 is 6.30. The monoisotopic (exact) mass is 377 g/mol. The molecule has 100 valence electrons. The number of H-pyrrole nitrogens is 1. The van der Waals surface area contributed by atoms with Crippen molar-refractivity contribution in [2.75, 3.05) is 7.11 Å². The average Bonchev–Trinajstić information content (AvgIpc) is 2.90. The van der Waals surface area contributed by atoms with E-state index in [1.165, 1.54) is 0 Å². The van der Waals surface area contributed by atoms with Gasteiger partial charge in [0.05, 0.1) is 7.11 Å². The molecule has 3 nitrogen and oxygen atoms in total. The fraction of sp³-hybridized carbons (Fsp3) is 0.0625. The highest BCUT2D eigenvalue weighted by atomic mass is 127. The van der Waals surface area contributed by atoms with Gasteiger partial charge >= 0.3 is 0 Å². The van der Waals surface area contributed by atoms with Crippen LogP contribution in [-0.2, 0) is 0 Å². The molecule has 0 spiro atoms. The number of carbonyl (C=O) groups is 1. The maximum atomic E-state index is 12.5. The van der Waals surface area contributed by atoms with Crippen molar-refractivity contribution < 1.29 is 9.53 Å². The number of ketones is 1. The van der Waals surface area contributed by atoms with E-state index < -0.39 is 0 Å². The van der Waals surface area contributed by atoms with Crippen LogP contribution < -0.4 is 4.74 Å². The number of ether oxygens (including phenoxy) is 1. The largest absolute Gasteiger partial charge is 0.497 e. The van der Waals surface area contributed by atoms with Crippen molar-refractivity contribution in [2.45, 2.75) is 0 Å². The van der Waals surface area contributed by atoms with Gasteiger partial charge in [0, 0.05) is 37.9 Å². The van der Waals surface area contributed by atoms with Crippen LogP contribution in [-0.4, -0.2) is 17.9 Å². The van der Waals surface area contributed by atoms with Crippen LogP contribution in [0.2, 0.25) is 0 Å². The number of aromatic nitrogens is 1. The van der Waals surface area contributed by atoms with E-state index in [1.807, 2.05) is 42.5 Å². The van der Waals surface area contributed by atoms with E-state index >= 15 is 0 Å². The lowest BCUT2D eigenvalue weighted by Crippen LogP contribution is -2.00. The predicted octanol–water partition coefficient (Wildman–Crippen LogP) is 4.01. The minimum Gasteiger partial charge on any atom is -0.497 e. The summed E-state index contributed by atoms with van der Waals surface area (Å²) in [5.74, 6) is 0.797. The second-order valence-corrected chi connectivity index (χ2v) is 5.70. The molecule has 0 saturated heterocycles. The smallest absolute Gasteiger partial charge is 0.195 e. The number of hydrogen-bond acceptors (Lipinski definition) is 2. The first-order valence-electron chi connectivity index (χ1n) is 6.14. The number of methoxy groups -OCH3 is 1. The standard InChI is InChI=1S/C16H12INO2/c1-20-12-6-7-13-14(9-18-15(13)8-12)16(19)10-2-4-11(17)5-3-10/h2-9,18H,1H3. The second-order valence-electron chi connectivity index (χ2n) is 4.45. The molecule has 0 amide bonds. The average molecular weight is 377 g/mol. The summed E-state index contributed by atoms with van der Waals surface area (Å²) >= 11 is 2.22. The fourth-order valence-corrected chi connectivity index (χ4v) is 2.54. The van der Waals surface area contributed by atoms with Gasteiger partial charge in [0.15, 0.2) is 5.78 Å². The Labute approximate surface area is 130 Å². The van der Waals surface area contributed by atoms with Crippen molar-refractivity contribution in [3.05, 3.63) is 63.4 Å². The topological polar surface area (TPSA) is 42.1 Å². The van der Waals surface area contributed by atoms with Gasteiger partial charge in [-0.15, -0.1) is 0 Å². The lowest BCUT2D eigenvalue weighted by atomic mass is 10.0. The van der Waals surface area contributed by atoms with Gasteiger partial charge in [-0.25, -0.2) is 0 Å². The summed E-state index contributed by atoms with van der Waals surface area (Å²) in [4.78, 5) is 15.7. The van der Waals surface area contributed by atoms with Crippen LogP contribution in [0, 0.1) is 3.57 Å². The van der Waals surface area contributed by atoms with Gasteiger partial charge in [-0.3, -0.25) is 4.79 Å². The molecule has 0 aliphatic carbocycles. The summed E-state index contributed by atoms with van der Waals surface area (Å²) in [5.41, 5.74) is 2.28. The zero-order valence-electron chi connectivity index (χ0n) is 10.8. The number of benzene rings is 2. The molecule has 1 N–H and O–H groups in total. The van der Waals surface area contributed by atoms with E-state index in [0.29, 0.717) is 11.1 Å². The molecule has 20 heavy (non-hydrogen) atoms. The maximum absolute atomic E-state index is 12.5. The lowest BCUT2D eigenvalue weighted by molar-refractivity contribution is 0.104. The van der Waals surface area contributed by atoms with E-state index in [2.05, 4.69) is 27.6 Å². The highest BCUT2D eigenvalue weighted by molar-refractivity contribution is 14.1. The highest BCUT2D eigenvalue weighted by Crippen LogP contribution is 2.25. The molecule has 0 unspecified atom stereocenters. The van der Waals surface area contributed by atoms with Crippen molar-refractivity contribution in [1.82, 2.24) is 4.98 Å². The van der Waals surface area contributed by atoms with Gasteiger partial charge < -0.3 is 9.72 Å². The van der Waals surface area contributed by atoms with Crippen LogP contribution in [0.4, 0.5) is 0 Å². The molecular formula is C16H12INO2. The number of rotatable bonds is 3. The third-order valence-corrected chi connectivity index (χ3v) is 3.96. The third kappa shape index (κ3) is 2.31. The Morgan fingerprint density at radius 2 is 1.90 bits per heavy atom. The van der Waals surface area contributed by atoms with Crippen LogP contribution in [0.1, 0.15) is 15.9 Å². The number of aromatic amines is 1. The van der Waals surface area contributed by atoms with Crippen LogP contribution in [0.5, 0.6) is 5.75 Å². The Morgan fingerprint density at radius 1 is 1.15 bits per heavy atom. The first-order chi connectivity index (χ1) is 9.69. The summed E-state index contributed by atoms with van der Waals surface area (Å²) in [5, 5.41) is 0.911. The van der Waals surface area contributed by atoms with Crippen LogP contribution >= 0.6 is 22.6 Å². The molecule has 0 saturated carbocycles. The molecule has 2 aromatic carbocycles. The number of fused-ring (bicyclic) bond motifs is 1. The van der Waals surface area contributed by atoms with Gasteiger partial charge in [0.2, 0.25) is 0 Å². The molecule has 4 heteroatoms. The molecule has 0 fully saturated rings. The predicted molar refractivity (Wildman–Crippen MR) is 87.4 cm³/mol. The molecule has 0 aliphatic rings. The van der Waals surface area contributed by atoms with Crippen LogP contribution in [0.15, 0.2) is 48.7 Å². The lowest BCUT2D eigenvalue weighted by Gasteiger charge is -2.02. The minimum atomic E-state index is 0.0258. The Morgan fingerprint density at radius 3 is 2.60 bits per heavy atom. The number of halogens is 1. The number of hydrogen-bond donors (Lipinski definition) is 1. The van der Waals surface area contributed by atoms with E-state index in [0.717, 1.165) is 20.2 Å². The Bertz CT molecular complexity index is 775. The quantitative estimate of drug-likeness (QED) is 0.554. The molecular weight excluding hydrogens is 365 g/mol.